The van der Waals surface area contributed by atoms with Gasteiger partial charge in [0.2, 0.25) is 0 Å². The van der Waals surface area contributed by atoms with E-state index in [1.807, 2.05) is 31.2 Å². The molecule has 1 aliphatic rings. The zero-order valence-corrected chi connectivity index (χ0v) is 20.0. The first-order valence-corrected chi connectivity index (χ1v) is 11.4. The van der Waals surface area contributed by atoms with Crippen LogP contribution in [-0.4, -0.2) is 21.6 Å². The van der Waals surface area contributed by atoms with Crippen molar-refractivity contribution in [2.45, 2.75) is 45.0 Å². The Hall–Kier alpha value is -3.33. The molecular weight excluding hydrogens is 483 g/mol. The van der Waals surface area contributed by atoms with Gasteiger partial charge in [-0.2, -0.15) is 13.2 Å². The van der Waals surface area contributed by atoms with Crippen LogP contribution < -0.4 is 10.9 Å². The minimum atomic E-state index is -4.54. The Morgan fingerprint density at radius 2 is 1.97 bits per heavy atom. The van der Waals surface area contributed by atoms with Crippen LogP contribution in [0.15, 0.2) is 47.3 Å². The smallest absolute Gasteiger partial charge is 0.416 e. The zero-order chi connectivity index (χ0) is 25.5. The molecular formula is C25H23ClF3N3O3. The van der Waals surface area contributed by atoms with Gasteiger partial charge in [0, 0.05) is 26.0 Å². The van der Waals surface area contributed by atoms with E-state index in [-0.39, 0.29) is 22.1 Å². The maximum atomic E-state index is 13.4. The molecule has 4 rings (SSSR count). The van der Waals surface area contributed by atoms with Gasteiger partial charge in [0.15, 0.2) is 0 Å². The molecule has 0 amide bonds. The van der Waals surface area contributed by atoms with Gasteiger partial charge in [0.1, 0.15) is 17.6 Å². The number of nitrogens with zero attached hydrogens (tertiary/aromatic N) is 2. The summed E-state index contributed by atoms with van der Waals surface area (Å²) in [5.74, 6) is -0.275. The molecule has 10 heteroatoms. The van der Waals surface area contributed by atoms with E-state index >= 15 is 0 Å². The van der Waals surface area contributed by atoms with Gasteiger partial charge in [-0.3, -0.25) is 14.2 Å². The van der Waals surface area contributed by atoms with E-state index in [4.69, 9.17) is 16.3 Å². The number of hydrogen-bond donors (Lipinski definition) is 1. The number of carbonyl (C=O) groups excluding carboxylic acids is 1. The maximum absolute atomic E-state index is 13.4. The Morgan fingerprint density at radius 3 is 2.60 bits per heavy atom. The monoisotopic (exact) mass is 505 g/mol. The Labute approximate surface area is 204 Å². The average Bonchev–Trinajstić information content (AvgIpc) is 3.13. The van der Waals surface area contributed by atoms with Crippen molar-refractivity contribution in [3.05, 3.63) is 80.2 Å². The van der Waals surface area contributed by atoms with Crippen LogP contribution in [0.2, 0.25) is 5.02 Å². The van der Waals surface area contributed by atoms with E-state index in [1.54, 1.807) is 0 Å². The predicted molar refractivity (Wildman–Crippen MR) is 126 cm³/mol. The fraction of sp³-hybridized carbons (Fsp3) is 0.320. The van der Waals surface area contributed by atoms with Crippen LogP contribution in [0.25, 0.3) is 11.4 Å². The summed E-state index contributed by atoms with van der Waals surface area (Å²) >= 11 is 6.17. The molecule has 1 aromatic heterocycles. The second kappa shape index (κ2) is 9.37. The van der Waals surface area contributed by atoms with Gasteiger partial charge in [-0.1, -0.05) is 42.8 Å². The highest BCUT2D eigenvalue weighted by Gasteiger charge is 2.36. The highest BCUT2D eigenvalue weighted by molar-refractivity contribution is 6.33. The topological polar surface area (TPSA) is 73.2 Å². The lowest BCUT2D eigenvalue weighted by atomic mass is 10.1. The first kappa shape index (κ1) is 24.8. The maximum Gasteiger partial charge on any atom is 0.416 e. The van der Waals surface area contributed by atoms with E-state index in [0.717, 1.165) is 23.3 Å². The standard InChI is InChI=1S/C25H23ClF3N3O3/c1-4-19-22(31-21-16-8-6-5-7-14(16)11-20(21)35-13(2)33)24(34)32(3)23(30-19)17-10-9-15(12-18(17)26)25(27,28)29/h5-10,12,20-21,31H,4,11H2,1-3H3/t20-,21+/m0/s1. The van der Waals surface area contributed by atoms with Gasteiger partial charge in [-0.15, -0.1) is 0 Å². The molecule has 2 atom stereocenters. The molecule has 3 aromatic rings. The Bertz CT molecular complexity index is 1350. The molecule has 0 saturated heterocycles. The number of anilines is 1. The van der Waals surface area contributed by atoms with Crippen molar-refractivity contribution in [2.24, 2.45) is 7.05 Å². The van der Waals surface area contributed by atoms with Crippen molar-refractivity contribution >= 4 is 23.3 Å². The Kier molecular flexibility index (Phi) is 6.64. The van der Waals surface area contributed by atoms with Gasteiger partial charge in [-0.05, 0) is 35.7 Å². The molecule has 0 fully saturated rings. The third kappa shape index (κ3) is 4.77. The van der Waals surface area contributed by atoms with Crippen LogP contribution in [0.5, 0.6) is 0 Å². The van der Waals surface area contributed by atoms with E-state index in [1.165, 1.54) is 24.6 Å². The first-order valence-electron chi connectivity index (χ1n) is 11.0. The fourth-order valence-electron chi connectivity index (χ4n) is 4.37. The SMILES string of the molecule is CCc1nc(-c2ccc(C(F)(F)F)cc2Cl)n(C)c(=O)c1N[C@@H]1c2ccccc2C[C@@H]1OC(C)=O. The van der Waals surface area contributed by atoms with Crippen molar-refractivity contribution in [1.29, 1.82) is 0 Å². The molecule has 0 aliphatic heterocycles. The number of carbonyl (C=O) groups is 1. The van der Waals surface area contributed by atoms with E-state index in [0.29, 0.717) is 18.5 Å². The Morgan fingerprint density at radius 1 is 1.26 bits per heavy atom. The van der Waals surface area contributed by atoms with Gasteiger partial charge >= 0.3 is 12.1 Å². The van der Waals surface area contributed by atoms with Crippen LogP contribution in [-0.2, 0) is 35.6 Å². The average molecular weight is 506 g/mol. The number of alkyl halides is 3. The van der Waals surface area contributed by atoms with Crippen molar-refractivity contribution in [2.75, 3.05) is 5.32 Å². The third-order valence-electron chi connectivity index (χ3n) is 6.04. The first-order chi connectivity index (χ1) is 16.5. The third-order valence-corrected chi connectivity index (χ3v) is 6.35. The molecule has 6 nitrogen and oxygen atoms in total. The summed E-state index contributed by atoms with van der Waals surface area (Å²) in [6.45, 7) is 3.15. The summed E-state index contributed by atoms with van der Waals surface area (Å²) < 4.78 is 46.0. The van der Waals surface area contributed by atoms with Gasteiger partial charge in [0.25, 0.3) is 5.56 Å². The molecule has 0 spiro atoms. The minimum Gasteiger partial charge on any atom is -0.460 e. The van der Waals surface area contributed by atoms with Crippen LogP contribution in [0, 0.1) is 0 Å². The second-order valence-corrected chi connectivity index (χ2v) is 8.75. The van der Waals surface area contributed by atoms with Gasteiger partial charge in [-0.25, -0.2) is 4.98 Å². The molecule has 0 unspecified atom stereocenters. The summed E-state index contributed by atoms with van der Waals surface area (Å²) in [6, 6.07) is 10.1. The summed E-state index contributed by atoms with van der Waals surface area (Å²) in [5, 5.41) is 3.09. The van der Waals surface area contributed by atoms with Crippen LogP contribution >= 0.6 is 11.6 Å². The summed E-state index contributed by atoms with van der Waals surface area (Å²) in [4.78, 5) is 29.7. The number of ether oxygens (including phenoxy) is 1. The molecule has 1 N–H and O–H groups in total. The normalized spacial score (nSPS) is 17.2. The summed E-state index contributed by atoms with van der Waals surface area (Å²) in [5.41, 5.74) is 1.48. The van der Waals surface area contributed by atoms with Gasteiger partial charge in [0.05, 0.1) is 22.3 Å². The van der Waals surface area contributed by atoms with Crippen molar-refractivity contribution in [3.8, 4) is 11.4 Å². The van der Waals surface area contributed by atoms with E-state index in [2.05, 4.69) is 10.3 Å². The van der Waals surface area contributed by atoms with E-state index in [9.17, 15) is 22.8 Å². The lowest BCUT2D eigenvalue weighted by molar-refractivity contribution is -0.146. The number of aromatic nitrogens is 2. The number of hydrogen-bond acceptors (Lipinski definition) is 5. The summed E-state index contributed by atoms with van der Waals surface area (Å²) in [6.07, 6.45) is -4.18. The lowest BCUT2D eigenvalue weighted by Crippen LogP contribution is -2.32. The number of esters is 1. The van der Waals surface area contributed by atoms with Crippen LogP contribution in [0.1, 0.15) is 42.3 Å². The fourth-order valence-corrected chi connectivity index (χ4v) is 4.63. The number of rotatable bonds is 5. The number of benzene rings is 2. The van der Waals surface area contributed by atoms with Crippen molar-refractivity contribution in [3.63, 3.8) is 0 Å². The highest BCUT2D eigenvalue weighted by Crippen LogP contribution is 2.37. The van der Waals surface area contributed by atoms with Crippen molar-refractivity contribution in [1.82, 2.24) is 9.55 Å². The number of halogens is 4. The summed E-state index contributed by atoms with van der Waals surface area (Å²) in [7, 11) is 1.48. The van der Waals surface area contributed by atoms with Crippen LogP contribution in [0.4, 0.5) is 18.9 Å². The number of aryl methyl sites for hydroxylation is 1. The molecule has 1 aliphatic carbocycles. The highest BCUT2D eigenvalue weighted by atomic mass is 35.5. The minimum absolute atomic E-state index is 0.152. The number of nitrogens with one attached hydrogen (secondary N) is 1. The van der Waals surface area contributed by atoms with Gasteiger partial charge < -0.3 is 10.1 Å². The largest absolute Gasteiger partial charge is 0.460 e. The molecule has 2 aromatic carbocycles. The molecule has 0 radical (unpaired) electrons. The quantitative estimate of drug-likeness (QED) is 0.475. The zero-order valence-electron chi connectivity index (χ0n) is 19.2. The lowest BCUT2D eigenvalue weighted by Gasteiger charge is -2.24. The number of fused-ring (bicyclic) bond motifs is 1. The second-order valence-electron chi connectivity index (χ2n) is 8.34. The predicted octanol–water partition coefficient (Wildman–Crippen LogP) is 5.32. The van der Waals surface area contributed by atoms with Crippen LogP contribution in [0.3, 0.4) is 0 Å². The Balaban J connectivity index is 1.78. The van der Waals surface area contributed by atoms with E-state index < -0.39 is 35.4 Å². The molecule has 0 saturated carbocycles. The molecule has 0 bridgehead atoms. The molecule has 35 heavy (non-hydrogen) atoms. The van der Waals surface area contributed by atoms with Crippen molar-refractivity contribution < 1.29 is 22.7 Å². The molecule has 184 valence electrons. The molecule has 1 heterocycles.